The van der Waals surface area contributed by atoms with E-state index in [1.165, 1.54) is 26.5 Å². The van der Waals surface area contributed by atoms with Gasteiger partial charge in [-0.1, -0.05) is 92.3 Å². The second-order valence-electron chi connectivity index (χ2n) is 9.38. The van der Waals surface area contributed by atoms with Gasteiger partial charge in [0.05, 0.1) is 12.1 Å². The highest BCUT2D eigenvalue weighted by atomic mass is 32.2. The lowest BCUT2D eigenvalue weighted by atomic mass is 10.0. The number of aromatic nitrogens is 2. The third-order valence-corrected chi connectivity index (χ3v) is 7.58. The van der Waals surface area contributed by atoms with Crippen molar-refractivity contribution in [3.05, 3.63) is 114 Å². The van der Waals surface area contributed by atoms with Gasteiger partial charge >= 0.3 is 0 Å². The lowest BCUT2D eigenvalue weighted by molar-refractivity contribution is 0.183. The minimum atomic E-state index is 0.396. The lowest BCUT2D eigenvalue weighted by Gasteiger charge is -2.17. The van der Waals surface area contributed by atoms with Gasteiger partial charge in [-0.25, -0.2) is 4.98 Å². The lowest BCUT2D eigenvalue weighted by Crippen LogP contribution is -2.07. The van der Waals surface area contributed by atoms with E-state index in [0.717, 1.165) is 22.4 Å². The fraction of sp³-hybridized carbons (Fsp3) is 0.188. The fourth-order valence-electron chi connectivity index (χ4n) is 4.41. The number of benzene rings is 4. The van der Waals surface area contributed by atoms with Gasteiger partial charge in [-0.05, 0) is 52.9 Å². The molecule has 5 rings (SSSR count). The first-order valence-electron chi connectivity index (χ1n) is 12.8. The molecule has 38 heavy (non-hydrogen) atoms. The van der Waals surface area contributed by atoms with Crippen molar-refractivity contribution in [2.75, 3.05) is 17.7 Å². The van der Waals surface area contributed by atoms with Crippen molar-refractivity contribution >= 4 is 40.1 Å². The van der Waals surface area contributed by atoms with Gasteiger partial charge in [0.15, 0.2) is 0 Å². The van der Waals surface area contributed by atoms with Crippen LogP contribution in [0.1, 0.15) is 36.5 Å². The van der Waals surface area contributed by atoms with Crippen LogP contribution in [0.4, 0.5) is 17.5 Å². The van der Waals surface area contributed by atoms with Crippen LogP contribution in [0.15, 0.2) is 107 Å². The number of methoxy groups -OCH3 is 1. The van der Waals surface area contributed by atoms with Gasteiger partial charge in [0.2, 0.25) is 5.95 Å². The molecule has 4 aromatic carbocycles. The Labute approximate surface area is 228 Å². The molecule has 0 aliphatic rings. The Morgan fingerprint density at radius 3 is 2.21 bits per heavy atom. The Balaban J connectivity index is 1.42. The van der Waals surface area contributed by atoms with Gasteiger partial charge in [-0.15, -0.1) is 0 Å². The molecule has 0 amide bonds. The molecule has 0 aliphatic heterocycles. The molecule has 0 fully saturated rings. The van der Waals surface area contributed by atoms with Crippen LogP contribution in [0.2, 0.25) is 0 Å². The fourth-order valence-corrected chi connectivity index (χ4v) is 5.47. The third kappa shape index (κ3) is 5.98. The summed E-state index contributed by atoms with van der Waals surface area (Å²) < 4.78 is 5.40. The molecule has 0 spiro atoms. The molecule has 0 bridgehead atoms. The molecular formula is C32H32N4OS. The molecule has 0 aliphatic carbocycles. The quantitative estimate of drug-likeness (QED) is 0.193. The number of rotatable bonds is 10. The summed E-state index contributed by atoms with van der Waals surface area (Å²) in [5.74, 6) is 1.78. The van der Waals surface area contributed by atoms with Crippen molar-refractivity contribution in [2.24, 2.45) is 0 Å². The summed E-state index contributed by atoms with van der Waals surface area (Å²) in [6.45, 7) is 5.60. The highest BCUT2D eigenvalue weighted by molar-refractivity contribution is 7.99. The maximum atomic E-state index is 5.40. The molecule has 0 saturated heterocycles. The maximum Gasteiger partial charge on any atom is 0.225 e. The number of fused-ring (bicyclic) bond motifs is 1. The smallest absolute Gasteiger partial charge is 0.225 e. The second kappa shape index (κ2) is 12.1. The molecule has 192 valence electrons. The van der Waals surface area contributed by atoms with Gasteiger partial charge in [0.1, 0.15) is 5.82 Å². The van der Waals surface area contributed by atoms with Crippen LogP contribution in [0.5, 0.6) is 0 Å². The molecule has 0 unspecified atom stereocenters. The van der Waals surface area contributed by atoms with Crippen LogP contribution in [0.3, 0.4) is 0 Å². The molecule has 0 radical (unpaired) electrons. The van der Waals surface area contributed by atoms with Crippen molar-refractivity contribution in [3.8, 4) is 0 Å². The second-order valence-corrected chi connectivity index (χ2v) is 10.5. The number of hydrogen-bond donors (Lipinski definition) is 2. The Hall–Kier alpha value is -3.87. The molecule has 0 saturated carbocycles. The van der Waals surface area contributed by atoms with Gasteiger partial charge < -0.3 is 15.4 Å². The average molecular weight is 521 g/mol. The Morgan fingerprint density at radius 1 is 0.763 bits per heavy atom. The molecule has 5 nitrogen and oxygen atoms in total. The van der Waals surface area contributed by atoms with E-state index in [1.807, 2.05) is 24.3 Å². The molecule has 1 aromatic heterocycles. The number of nitrogens with zero attached hydrogens (tertiary/aromatic N) is 2. The summed E-state index contributed by atoms with van der Waals surface area (Å²) in [4.78, 5) is 12.1. The Bertz CT molecular complexity index is 1540. The Kier molecular flexibility index (Phi) is 8.22. The van der Waals surface area contributed by atoms with E-state index in [9.17, 15) is 0 Å². The predicted octanol–water partition coefficient (Wildman–Crippen LogP) is 8.41. The van der Waals surface area contributed by atoms with Crippen molar-refractivity contribution < 1.29 is 4.74 Å². The minimum absolute atomic E-state index is 0.396. The van der Waals surface area contributed by atoms with Gasteiger partial charge in [-0.2, -0.15) is 4.98 Å². The van der Waals surface area contributed by atoms with E-state index in [2.05, 4.69) is 97.3 Å². The SMILES string of the molecule is COCc1ccccc1Sc1ccccc1CNc1nc(Nc2ccccc2C(C)C)c2ccccc2n1. The molecule has 2 N–H and O–H groups in total. The summed E-state index contributed by atoms with van der Waals surface area (Å²) in [6, 6.07) is 33.3. The van der Waals surface area contributed by atoms with E-state index in [1.54, 1.807) is 18.9 Å². The van der Waals surface area contributed by atoms with Crippen LogP contribution >= 0.6 is 11.8 Å². The third-order valence-electron chi connectivity index (χ3n) is 6.34. The molecule has 1 heterocycles. The first kappa shape index (κ1) is 25.8. The van der Waals surface area contributed by atoms with Crippen molar-refractivity contribution in [3.63, 3.8) is 0 Å². The monoisotopic (exact) mass is 520 g/mol. The number of anilines is 3. The van der Waals surface area contributed by atoms with Crippen LogP contribution in [-0.4, -0.2) is 17.1 Å². The van der Waals surface area contributed by atoms with Gasteiger partial charge in [0, 0.05) is 34.5 Å². The zero-order chi connectivity index (χ0) is 26.3. The van der Waals surface area contributed by atoms with Crippen molar-refractivity contribution in [2.45, 2.75) is 42.7 Å². The van der Waals surface area contributed by atoms with E-state index >= 15 is 0 Å². The number of nitrogens with one attached hydrogen (secondary N) is 2. The summed E-state index contributed by atoms with van der Waals surface area (Å²) in [5, 5.41) is 8.06. The van der Waals surface area contributed by atoms with E-state index in [0.29, 0.717) is 25.0 Å². The summed E-state index contributed by atoms with van der Waals surface area (Å²) in [5.41, 5.74) is 5.57. The summed E-state index contributed by atoms with van der Waals surface area (Å²) >= 11 is 1.75. The van der Waals surface area contributed by atoms with E-state index in [4.69, 9.17) is 14.7 Å². The summed E-state index contributed by atoms with van der Waals surface area (Å²) in [6.07, 6.45) is 0. The number of ether oxygens (including phenoxy) is 1. The first-order valence-corrected chi connectivity index (χ1v) is 13.6. The van der Waals surface area contributed by atoms with E-state index in [-0.39, 0.29) is 0 Å². The predicted molar refractivity (Wildman–Crippen MR) is 158 cm³/mol. The zero-order valence-electron chi connectivity index (χ0n) is 21.9. The standard InChI is InChI=1S/C32H32N4OS/c1-22(2)25-14-6-8-16-27(25)34-31-26-15-7-9-17-28(26)35-32(36-31)33-20-23-12-4-10-18-29(23)38-30-19-11-5-13-24(30)21-37-3/h4-19,22H,20-21H2,1-3H3,(H2,33,34,35,36). The van der Waals surface area contributed by atoms with Crippen molar-refractivity contribution in [1.29, 1.82) is 0 Å². The average Bonchev–Trinajstić information content (AvgIpc) is 2.94. The largest absolute Gasteiger partial charge is 0.380 e. The molecule has 0 atom stereocenters. The molecule has 5 aromatic rings. The minimum Gasteiger partial charge on any atom is -0.380 e. The molecular weight excluding hydrogens is 488 g/mol. The van der Waals surface area contributed by atoms with Crippen LogP contribution in [0, 0.1) is 0 Å². The number of hydrogen-bond acceptors (Lipinski definition) is 6. The zero-order valence-corrected chi connectivity index (χ0v) is 22.8. The summed E-state index contributed by atoms with van der Waals surface area (Å²) in [7, 11) is 1.73. The van der Waals surface area contributed by atoms with Crippen LogP contribution < -0.4 is 10.6 Å². The van der Waals surface area contributed by atoms with Crippen molar-refractivity contribution in [1.82, 2.24) is 9.97 Å². The van der Waals surface area contributed by atoms with Crippen LogP contribution in [0.25, 0.3) is 10.9 Å². The van der Waals surface area contributed by atoms with Gasteiger partial charge in [-0.3, -0.25) is 0 Å². The topological polar surface area (TPSA) is 59.1 Å². The highest BCUT2D eigenvalue weighted by Gasteiger charge is 2.13. The molecule has 6 heteroatoms. The Morgan fingerprint density at radius 2 is 1.42 bits per heavy atom. The number of para-hydroxylation sites is 2. The highest BCUT2D eigenvalue weighted by Crippen LogP contribution is 2.34. The van der Waals surface area contributed by atoms with E-state index < -0.39 is 0 Å². The maximum absolute atomic E-state index is 5.40. The normalized spacial score (nSPS) is 11.2. The first-order chi connectivity index (χ1) is 18.6. The van der Waals surface area contributed by atoms with Gasteiger partial charge in [0.25, 0.3) is 0 Å². The van der Waals surface area contributed by atoms with Crippen LogP contribution in [-0.2, 0) is 17.9 Å².